The number of esters is 1. The number of carbonyl (C=O) groups is 1. The van der Waals surface area contributed by atoms with Crippen LogP contribution in [-0.2, 0) is 9.53 Å². The number of anilines is 1. The molecule has 0 spiro atoms. The molecule has 1 N–H and O–H groups in total. The van der Waals surface area contributed by atoms with Crippen LogP contribution in [0.4, 0.5) is 5.69 Å². The van der Waals surface area contributed by atoms with E-state index in [1.54, 1.807) is 7.11 Å². The summed E-state index contributed by atoms with van der Waals surface area (Å²) in [6.45, 7) is 3.91. The van der Waals surface area contributed by atoms with Crippen molar-refractivity contribution in [1.29, 1.82) is 0 Å². The molecule has 1 aromatic carbocycles. The maximum absolute atomic E-state index is 11.7. The largest absolute Gasteiger partial charge is 0.495 e. The molecule has 0 bridgehead atoms. The second-order valence-electron chi connectivity index (χ2n) is 5.58. The Balaban J connectivity index is 1.91. The summed E-state index contributed by atoms with van der Waals surface area (Å²) in [7, 11) is 3.15. The van der Waals surface area contributed by atoms with Crippen LogP contribution in [0.3, 0.4) is 0 Å². The minimum atomic E-state index is -0.201. The highest BCUT2D eigenvalue weighted by Gasteiger charge is 2.25. The van der Waals surface area contributed by atoms with Gasteiger partial charge in [-0.3, -0.25) is 4.79 Å². The number of para-hydroxylation sites is 2. The zero-order valence-corrected chi connectivity index (χ0v) is 13.7. The minimum absolute atomic E-state index is 0.172. The van der Waals surface area contributed by atoms with Gasteiger partial charge in [-0.15, -0.1) is 0 Å². The zero-order chi connectivity index (χ0) is 15.9. The van der Waals surface area contributed by atoms with Crippen molar-refractivity contribution in [1.82, 2.24) is 5.32 Å². The van der Waals surface area contributed by atoms with E-state index in [-0.39, 0.29) is 12.0 Å². The van der Waals surface area contributed by atoms with Gasteiger partial charge < -0.3 is 19.7 Å². The predicted octanol–water partition coefficient (Wildman–Crippen LogP) is 2.21. The Kier molecular flexibility index (Phi) is 6.07. The molecule has 5 nitrogen and oxygen atoms in total. The third-order valence-electron chi connectivity index (χ3n) is 4.25. The Morgan fingerprint density at radius 3 is 2.59 bits per heavy atom. The van der Waals surface area contributed by atoms with Crippen LogP contribution in [-0.4, -0.2) is 45.4 Å². The molecular weight excluding hydrogens is 280 g/mol. The van der Waals surface area contributed by atoms with Crippen LogP contribution in [0.2, 0.25) is 0 Å². The molecule has 0 unspecified atom stereocenters. The van der Waals surface area contributed by atoms with Crippen molar-refractivity contribution in [3.05, 3.63) is 24.3 Å². The third kappa shape index (κ3) is 3.91. The molecule has 0 aromatic heterocycles. The van der Waals surface area contributed by atoms with E-state index in [2.05, 4.69) is 16.3 Å². The lowest BCUT2D eigenvalue weighted by atomic mass is 10.0. The van der Waals surface area contributed by atoms with Gasteiger partial charge in [0.15, 0.2) is 0 Å². The van der Waals surface area contributed by atoms with Gasteiger partial charge in [-0.2, -0.15) is 0 Å². The van der Waals surface area contributed by atoms with Crippen LogP contribution in [0.15, 0.2) is 24.3 Å². The average Bonchev–Trinajstić information content (AvgIpc) is 2.59. The maximum atomic E-state index is 11.7. The van der Waals surface area contributed by atoms with Gasteiger partial charge in [0.05, 0.1) is 19.9 Å². The molecule has 2 rings (SSSR count). The molecular formula is C17H26N2O3. The molecule has 1 saturated heterocycles. The minimum Gasteiger partial charge on any atom is -0.495 e. The fraction of sp³-hybridized carbons (Fsp3) is 0.588. The molecule has 1 aliphatic rings. The van der Waals surface area contributed by atoms with Crippen molar-refractivity contribution >= 4 is 11.7 Å². The topological polar surface area (TPSA) is 50.8 Å². The summed E-state index contributed by atoms with van der Waals surface area (Å²) in [6.07, 6.45) is 2.76. The van der Waals surface area contributed by atoms with E-state index in [0.29, 0.717) is 6.04 Å². The monoisotopic (exact) mass is 306 g/mol. The highest BCUT2D eigenvalue weighted by atomic mass is 16.5. The Morgan fingerprint density at radius 2 is 2.00 bits per heavy atom. The van der Waals surface area contributed by atoms with Gasteiger partial charge in [0.1, 0.15) is 11.8 Å². The fourth-order valence-electron chi connectivity index (χ4n) is 2.96. The first kappa shape index (κ1) is 16.6. The molecule has 1 aliphatic heterocycles. The number of ether oxygens (including phenoxy) is 2. The summed E-state index contributed by atoms with van der Waals surface area (Å²) in [5.74, 6) is 0.740. The van der Waals surface area contributed by atoms with Gasteiger partial charge in [0, 0.05) is 19.1 Å². The number of benzene rings is 1. The van der Waals surface area contributed by atoms with Gasteiger partial charge in [0.2, 0.25) is 0 Å². The Hall–Kier alpha value is -1.75. The number of nitrogens with zero attached hydrogens (tertiary/aromatic N) is 1. The summed E-state index contributed by atoms with van der Waals surface area (Å²) >= 11 is 0. The number of rotatable bonds is 6. The molecule has 0 saturated carbocycles. The molecule has 5 heteroatoms. The van der Waals surface area contributed by atoms with E-state index in [9.17, 15) is 4.79 Å². The van der Waals surface area contributed by atoms with Crippen LogP contribution in [0, 0.1) is 0 Å². The first-order chi connectivity index (χ1) is 10.7. The van der Waals surface area contributed by atoms with Crippen molar-refractivity contribution in [2.45, 2.75) is 38.3 Å². The summed E-state index contributed by atoms with van der Waals surface area (Å²) < 4.78 is 10.3. The van der Waals surface area contributed by atoms with Crippen LogP contribution in [0.1, 0.15) is 26.2 Å². The Morgan fingerprint density at radius 1 is 1.32 bits per heavy atom. The van der Waals surface area contributed by atoms with E-state index in [0.717, 1.165) is 43.8 Å². The van der Waals surface area contributed by atoms with Crippen molar-refractivity contribution in [3.8, 4) is 5.75 Å². The maximum Gasteiger partial charge on any atom is 0.322 e. The molecule has 0 amide bonds. The van der Waals surface area contributed by atoms with Crippen LogP contribution in [0.25, 0.3) is 0 Å². The lowest BCUT2D eigenvalue weighted by Gasteiger charge is -2.35. The van der Waals surface area contributed by atoms with Gasteiger partial charge in [-0.1, -0.05) is 19.1 Å². The lowest BCUT2D eigenvalue weighted by molar-refractivity contribution is -0.143. The third-order valence-corrected chi connectivity index (χ3v) is 4.25. The second kappa shape index (κ2) is 8.03. The van der Waals surface area contributed by atoms with E-state index in [1.807, 2.05) is 25.1 Å². The highest BCUT2D eigenvalue weighted by Crippen LogP contribution is 2.29. The van der Waals surface area contributed by atoms with Gasteiger partial charge in [-0.25, -0.2) is 0 Å². The molecule has 1 atom stereocenters. The average molecular weight is 306 g/mol. The number of piperidine rings is 1. The first-order valence-corrected chi connectivity index (χ1v) is 7.91. The summed E-state index contributed by atoms with van der Waals surface area (Å²) in [5.41, 5.74) is 1.14. The van der Waals surface area contributed by atoms with E-state index in [4.69, 9.17) is 9.47 Å². The number of nitrogens with one attached hydrogen (secondary N) is 1. The van der Waals surface area contributed by atoms with E-state index >= 15 is 0 Å². The van der Waals surface area contributed by atoms with Crippen LogP contribution in [0.5, 0.6) is 5.75 Å². The van der Waals surface area contributed by atoms with Crippen LogP contribution < -0.4 is 15.0 Å². The Bertz CT molecular complexity index is 485. The highest BCUT2D eigenvalue weighted by molar-refractivity contribution is 5.75. The number of hydrogen-bond acceptors (Lipinski definition) is 5. The fourth-order valence-corrected chi connectivity index (χ4v) is 2.96. The second-order valence-corrected chi connectivity index (χ2v) is 5.58. The van der Waals surface area contributed by atoms with Crippen molar-refractivity contribution in [3.63, 3.8) is 0 Å². The molecule has 0 radical (unpaired) electrons. The predicted molar refractivity (Wildman–Crippen MR) is 87.5 cm³/mol. The van der Waals surface area contributed by atoms with E-state index in [1.165, 1.54) is 7.11 Å². The summed E-state index contributed by atoms with van der Waals surface area (Å²) in [4.78, 5) is 14.0. The van der Waals surface area contributed by atoms with E-state index < -0.39 is 0 Å². The number of hydrogen-bond donors (Lipinski definition) is 1. The van der Waals surface area contributed by atoms with Gasteiger partial charge >= 0.3 is 5.97 Å². The van der Waals surface area contributed by atoms with Crippen molar-refractivity contribution < 1.29 is 14.3 Å². The normalized spacial score (nSPS) is 17.1. The molecule has 1 fully saturated rings. The van der Waals surface area contributed by atoms with Gasteiger partial charge in [-0.05, 0) is 31.4 Å². The molecule has 22 heavy (non-hydrogen) atoms. The molecule has 0 aliphatic carbocycles. The quantitative estimate of drug-likeness (QED) is 0.817. The van der Waals surface area contributed by atoms with Gasteiger partial charge in [0.25, 0.3) is 0 Å². The number of methoxy groups -OCH3 is 2. The smallest absolute Gasteiger partial charge is 0.322 e. The molecule has 1 aromatic rings. The summed E-state index contributed by atoms with van der Waals surface area (Å²) in [5, 5.41) is 3.42. The zero-order valence-electron chi connectivity index (χ0n) is 13.7. The van der Waals surface area contributed by atoms with Crippen LogP contribution >= 0.6 is 0 Å². The van der Waals surface area contributed by atoms with Crippen molar-refractivity contribution in [2.75, 3.05) is 32.2 Å². The SMILES string of the molecule is CC[C@@H](NC1CCN(c2ccccc2OC)CC1)C(=O)OC. The Labute approximate surface area is 132 Å². The standard InChI is InChI=1S/C17H26N2O3/c1-4-14(17(20)22-3)18-13-9-11-19(12-10-13)15-7-5-6-8-16(15)21-2/h5-8,13-14,18H,4,9-12H2,1-3H3/t14-/m1/s1. The number of carbonyl (C=O) groups excluding carboxylic acids is 1. The molecule has 122 valence electrons. The first-order valence-electron chi connectivity index (χ1n) is 7.91. The van der Waals surface area contributed by atoms with Crippen molar-refractivity contribution in [2.24, 2.45) is 0 Å². The lowest BCUT2D eigenvalue weighted by Crippen LogP contribution is -2.49. The summed E-state index contributed by atoms with van der Waals surface area (Å²) in [6, 6.07) is 8.26. The molecule has 1 heterocycles.